The second-order valence-electron chi connectivity index (χ2n) is 4.51. The molecule has 0 spiro atoms. The van der Waals surface area contributed by atoms with Gasteiger partial charge in [-0.15, -0.1) is 0 Å². The summed E-state index contributed by atoms with van der Waals surface area (Å²) in [5.41, 5.74) is 0.868. The lowest BCUT2D eigenvalue weighted by Gasteiger charge is -2.13. The summed E-state index contributed by atoms with van der Waals surface area (Å²) >= 11 is 6.18. The fraction of sp³-hybridized carbons (Fsp3) is 0.0625. The SMILES string of the molecule is O=CCc1nc2ccccc2c(=O)n1-c1ccccc1Cl. The highest BCUT2D eigenvalue weighted by Crippen LogP contribution is 2.20. The van der Waals surface area contributed by atoms with Gasteiger partial charge in [0.25, 0.3) is 5.56 Å². The first-order valence-corrected chi connectivity index (χ1v) is 6.79. The normalized spacial score (nSPS) is 10.7. The van der Waals surface area contributed by atoms with E-state index in [1.54, 1.807) is 48.5 Å². The molecule has 0 aliphatic heterocycles. The molecule has 0 saturated heterocycles. The summed E-state index contributed by atoms with van der Waals surface area (Å²) < 4.78 is 1.40. The van der Waals surface area contributed by atoms with Gasteiger partial charge >= 0.3 is 0 Å². The third-order valence-corrected chi connectivity index (χ3v) is 3.52. The zero-order chi connectivity index (χ0) is 14.8. The quantitative estimate of drug-likeness (QED) is 0.699. The number of carbonyl (C=O) groups excluding carboxylic acids is 1. The molecule has 5 heteroatoms. The Hall–Kier alpha value is -2.46. The molecule has 0 fully saturated rings. The third-order valence-electron chi connectivity index (χ3n) is 3.20. The summed E-state index contributed by atoms with van der Waals surface area (Å²) in [6.07, 6.45) is 0.773. The van der Waals surface area contributed by atoms with Gasteiger partial charge in [-0.1, -0.05) is 35.9 Å². The van der Waals surface area contributed by atoms with E-state index in [-0.39, 0.29) is 12.0 Å². The van der Waals surface area contributed by atoms with Gasteiger partial charge in [0.2, 0.25) is 0 Å². The monoisotopic (exact) mass is 298 g/mol. The Labute approximate surface area is 125 Å². The number of hydrogen-bond acceptors (Lipinski definition) is 3. The van der Waals surface area contributed by atoms with Crippen molar-refractivity contribution in [3.63, 3.8) is 0 Å². The first-order valence-electron chi connectivity index (χ1n) is 6.41. The molecule has 0 saturated carbocycles. The van der Waals surface area contributed by atoms with Crippen LogP contribution in [0.3, 0.4) is 0 Å². The van der Waals surface area contributed by atoms with Crippen molar-refractivity contribution in [1.29, 1.82) is 0 Å². The van der Waals surface area contributed by atoms with E-state index in [1.165, 1.54) is 4.57 Å². The number of aromatic nitrogens is 2. The van der Waals surface area contributed by atoms with Crippen LogP contribution in [-0.4, -0.2) is 15.8 Å². The van der Waals surface area contributed by atoms with E-state index >= 15 is 0 Å². The molecule has 0 bridgehead atoms. The summed E-state index contributed by atoms with van der Waals surface area (Å²) in [6, 6.07) is 14.0. The van der Waals surface area contributed by atoms with Crippen molar-refractivity contribution < 1.29 is 4.79 Å². The average molecular weight is 299 g/mol. The molecule has 0 aliphatic rings. The van der Waals surface area contributed by atoms with Gasteiger partial charge in [-0.2, -0.15) is 0 Å². The molecule has 21 heavy (non-hydrogen) atoms. The molecule has 0 unspecified atom stereocenters. The molecule has 3 aromatic rings. The number of hydrogen-bond donors (Lipinski definition) is 0. The topological polar surface area (TPSA) is 52.0 Å². The minimum atomic E-state index is -0.231. The number of benzene rings is 2. The van der Waals surface area contributed by atoms with Gasteiger partial charge in [0, 0.05) is 0 Å². The first kappa shape index (κ1) is 13.5. The van der Waals surface area contributed by atoms with Crippen LogP contribution in [0, 0.1) is 0 Å². The average Bonchev–Trinajstić information content (AvgIpc) is 2.49. The lowest BCUT2D eigenvalue weighted by atomic mass is 10.2. The van der Waals surface area contributed by atoms with E-state index in [0.29, 0.717) is 27.4 Å². The predicted molar refractivity (Wildman–Crippen MR) is 82.1 cm³/mol. The molecule has 0 atom stereocenters. The minimum absolute atomic E-state index is 0.0469. The second kappa shape index (κ2) is 5.50. The largest absolute Gasteiger partial charge is 0.303 e. The van der Waals surface area contributed by atoms with Crippen LogP contribution in [0.15, 0.2) is 53.3 Å². The van der Waals surface area contributed by atoms with Gasteiger partial charge in [-0.05, 0) is 24.3 Å². The van der Waals surface area contributed by atoms with Crippen molar-refractivity contribution in [2.75, 3.05) is 0 Å². The Balaban J connectivity index is 2.42. The minimum Gasteiger partial charge on any atom is -0.303 e. The molecular weight excluding hydrogens is 288 g/mol. The van der Waals surface area contributed by atoms with Gasteiger partial charge in [-0.3, -0.25) is 9.36 Å². The predicted octanol–water partition coefficient (Wildman–Crippen LogP) is 2.78. The van der Waals surface area contributed by atoms with E-state index in [9.17, 15) is 9.59 Å². The molecule has 1 heterocycles. The van der Waals surface area contributed by atoms with Crippen LogP contribution in [-0.2, 0) is 11.2 Å². The maximum absolute atomic E-state index is 12.7. The molecule has 1 aromatic heterocycles. The second-order valence-corrected chi connectivity index (χ2v) is 4.92. The van der Waals surface area contributed by atoms with Crippen LogP contribution in [0.2, 0.25) is 5.02 Å². The van der Waals surface area contributed by atoms with Crippen molar-refractivity contribution in [2.24, 2.45) is 0 Å². The van der Waals surface area contributed by atoms with Gasteiger partial charge in [0.15, 0.2) is 0 Å². The zero-order valence-corrected chi connectivity index (χ0v) is 11.7. The molecular formula is C16H11ClN2O2. The van der Waals surface area contributed by atoms with Crippen LogP contribution >= 0.6 is 11.6 Å². The summed E-state index contributed by atoms with van der Waals surface area (Å²) in [5.74, 6) is 0.377. The number of fused-ring (bicyclic) bond motifs is 1. The number of para-hydroxylation sites is 2. The van der Waals surface area contributed by atoms with E-state index in [1.807, 2.05) is 0 Å². The summed E-state index contributed by atoms with van der Waals surface area (Å²) in [5, 5.41) is 0.927. The lowest BCUT2D eigenvalue weighted by Crippen LogP contribution is -2.24. The van der Waals surface area contributed by atoms with E-state index < -0.39 is 0 Å². The Morgan fingerprint density at radius 1 is 1.10 bits per heavy atom. The number of rotatable bonds is 3. The summed E-state index contributed by atoms with van der Waals surface area (Å²) in [7, 11) is 0. The van der Waals surface area contributed by atoms with Crippen LogP contribution in [0.1, 0.15) is 5.82 Å². The van der Waals surface area contributed by atoms with Gasteiger partial charge in [-0.25, -0.2) is 4.98 Å². The molecule has 0 aliphatic carbocycles. The maximum atomic E-state index is 12.7. The molecule has 104 valence electrons. The van der Waals surface area contributed by atoms with Crippen molar-refractivity contribution >= 4 is 28.8 Å². The summed E-state index contributed by atoms with van der Waals surface area (Å²) in [6.45, 7) is 0. The van der Waals surface area contributed by atoms with Gasteiger partial charge in [0.05, 0.1) is 28.0 Å². The highest BCUT2D eigenvalue weighted by Gasteiger charge is 2.13. The van der Waals surface area contributed by atoms with Gasteiger partial charge in [0.1, 0.15) is 12.1 Å². The van der Waals surface area contributed by atoms with Crippen molar-refractivity contribution in [2.45, 2.75) is 6.42 Å². The van der Waals surface area contributed by atoms with Crippen molar-refractivity contribution in [1.82, 2.24) is 9.55 Å². The van der Waals surface area contributed by atoms with Crippen molar-refractivity contribution in [3.8, 4) is 5.69 Å². The highest BCUT2D eigenvalue weighted by atomic mass is 35.5. The fourth-order valence-corrected chi connectivity index (χ4v) is 2.49. The number of nitrogens with zero attached hydrogens (tertiary/aromatic N) is 2. The van der Waals surface area contributed by atoms with Crippen LogP contribution in [0.25, 0.3) is 16.6 Å². The standard InChI is InChI=1S/C16H11ClN2O2/c17-12-6-2-4-8-14(12)19-15(9-10-20)18-13-7-3-1-5-11(13)16(19)21/h1-8,10H,9H2. The molecule has 2 aromatic carbocycles. The molecule has 0 amide bonds. The molecule has 4 nitrogen and oxygen atoms in total. The zero-order valence-electron chi connectivity index (χ0n) is 11.0. The number of carbonyl (C=O) groups is 1. The van der Waals surface area contributed by atoms with Gasteiger partial charge < -0.3 is 4.79 Å². The molecule has 0 radical (unpaired) electrons. The summed E-state index contributed by atoms with van der Waals surface area (Å²) in [4.78, 5) is 28.0. The molecule has 0 N–H and O–H groups in total. The van der Waals surface area contributed by atoms with E-state index in [4.69, 9.17) is 11.6 Å². The maximum Gasteiger partial charge on any atom is 0.266 e. The Morgan fingerprint density at radius 2 is 1.81 bits per heavy atom. The lowest BCUT2D eigenvalue weighted by molar-refractivity contribution is -0.107. The highest BCUT2D eigenvalue weighted by molar-refractivity contribution is 6.32. The number of halogens is 1. The third kappa shape index (κ3) is 2.34. The van der Waals surface area contributed by atoms with Crippen molar-refractivity contribution in [3.05, 3.63) is 69.7 Å². The fourth-order valence-electron chi connectivity index (χ4n) is 2.27. The Morgan fingerprint density at radius 3 is 2.57 bits per heavy atom. The van der Waals surface area contributed by atoms with E-state index in [2.05, 4.69) is 4.98 Å². The first-order chi connectivity index (χ1) is 10.2. The number of aldehydes is 1. The van der Waals surface area contributed by atoms with Crippen LogP contribution in [0.5, 0.6) is 0 Å². The van der Waals surface area contributed by atoms with E-state index in [0.717, 1.165) is 6.29 Å². The molecule has 3 rings (SSSR count). The Bertz CT molecular complexity index is 887. The smallest absolute Gasteiger partial charge is 0.266 e. The van der Waals surface area contributed by atoms with Crippen LogP contribution in [0.4, 0.5) is 0 Å². The van der Waals surface area contributed by atoms with Crippen LogP contribution < -0.4 is 5.56 Å². The Kier molecular flexibility index (Phi) is 3.54.